The molecule has 0 fully saturated rings. The molecule has 0 spiro atoms. The molecule has 1 aliphatic rings. The van der Waals surface area contributed by atoms with Crippen molar-refractivity contribution in [3.8, 4) is 0 Å². The molecule has 1 aliphatic carbocycles. The Labute approximate surface area is 136 Å². The minimum atomic E-state index is -0.580. The molecule has 0 saturated carbocycles. The van der Waals surface area contributed by atoms with E-state index in [1.165, 1.54) is 11.1 Å². The zero-order valence-corrected chi connectivity index (χ0v) is 13.9. The van der Waals surface area contributed by atoms with Crippen molar-refractivity contribution in [2.24, 2.45) is 0 Å². The van der Waals surface area contributed by atoms with Crippen LogP contribution >= 0.6 is 0 Å². The smallest absolute Gasteiger partial charge is 0.268 e. The summed E-state index contributed by atoms with van der Waals surface area (Å²) >= 11 is 0. The van der Waals surface area contributed by atoms with Crippen LogP contribution in [0.25, 0.3) is 0 Å². The number of hydrogen-bond acceptors (Lipinski definition) is 2. The van der Waals surface area contributed by atoms with Crippen molar-refractivity contribution in [3.63, 3.8) is 0 Å². The lowest BCUT2D eigenvalue weighted by molar-refractivity contribution is 0.0927. The molecule has 4 heteroatoms. The van der Waals surface area contributed by atoms with Gasteiger partial charge in [-0.3, -0.25) is 4.79 Å². The first-order valence-electron chi connectivity index (χ1n) is 8.24. The maximum atomic E-state index is 12.7. The number of rotatable bonds is 3. The highest BCUT2D eigenvalue weighted by Gasteiger charge is 2.25. The van der Waals surface area contributed by atoms with Gasteiger partial charge < -0.3 is 15.4 Å². The highest BCUT2D eigenvalue weighted by Crippen LogP contribution is 2.30. The van der Waals surface area contributed by atoms with Crippen LogP contribution in [0.5, 0.6) is 0 Å². The van der Waals surface area contributed by atoms with Gasteiger partial charge in [-0.1, -0.05) is 24.3 Å². The van der Waals surface area contributed by atoms with Gasteiger partial charge in [0.15, 0.2) is 0 Å². The first-order valence-corrected chi connectivity index (χ1v) is 8.24. The van der Waals surface area contributed by atoms with E-state index in [1.807, 2.05) is 19.9 Å². The van der Waals surface area contributed by atoms with E-state index in [9.17, 15) is 9.90 Å². The van der Waals surface area contributed by atoms with Gasteiger partial charge in [-0.05, 0) is 56.7 Å². The lowest BCUT2D eigenvalue weighted by Crippen LogP contribution is -2.31. The molecule has 3 N–H and O–H groups in total. The molecule has 1 aromatic carbocycles. The molecule has 4 nitrogen and oxygen atoms in total. The number of aryl methyl sites for hydroxylation is 2. The summed E-state index contributed by atoms with van der Waals surface area (Å²) in [6.07, 6.45) is 2.55. The number of hydrogen-bond donors (Lipinski definition) is 3. The van der Waals surface area contributed by atoms with Crippen LogP contribution in [-0.4, -0.2) is 16.0 Å². The van der Waals surface area contributed by atoms with E-state index in [-0.39, 0.29) is 11.9 Å². The summed E-state index contributed by atoms with van der Waals surface area (Å²) < 4.78 is 0. The Kier molecular flexibility index (Phi) is 4.26. The average Bonchev–Trinajstić information content (AvgIpc) is 2.82. The van der Waals surface area contributed by atoms with E-state index in [2.05, 4.69) is 28.5 Å². The van der Waals surface area contributed by atoms with Crippen LogP contribution in [-0.2, 0) is 6.42 Å². The molecule has 0 radical (unpaired) electrons. The fraction of sp³-hybridized carbons (Fsp3) is 0.421. The summed E-state index contributed by atoms with van der Waals surface area (Å²) in [5, 5.41) is 13.0. The van der Waals surface area contributed by atoms with Gasteiger partial charge in [-0.2, -0.15) is 0 Å². The summed E-state index contributed by atoms with van der Waals surface area (Å²) in [4.78, 5) is 15.8. The maximum absolute atomic E-state index is 12.7. The number of H-pyrrole nitrogens is 1. The van der Waals surface area contributed by atoms with Crippen molar-refractivity contribution in [1.29, 1.82) is 0 Å². The second-order valence-electron chi connectivity index (χ2n) is 6.46. The van der Waals surface area contributed by atoms with Gasteiger partial charge in [0, 0.05) is 11.3 Å². The number of carbonyl (C=O) groups is 1. The number of aliphatic hydroxyl groups is 1. The number of amides is 1. The van der Waals surface area contributed by atoms with E-state index < -0.39 is 6.10 Å². The second-order valence-corrected chi connectivity index (χ2v) is 6.46. The number of fused-ring (bicyclic) bond motifs is 1. The fourth-order valence-electron chi connectivity index (χ4n) is 3.75. The fourth-order valence-corrected chi connectivity index (χ4v) is 3.75. The van der Waals surface area contributed by atoms with E-state index in [0.29, 0.717) is 5.69 Å². The Morgan fingerprint density at radius 3 is 2.78 bits per heavy atom. The van der Waals surface area contributed by atoms with Crippen molar-refractivity contribution in [2.45, 2.75) is 52.2 Å². The lowest BCUT2D eigenvalue weighted by Gasteiger charge is -2.26. The van der Waals surface area contributed by atoms with Crippen LogP contribution in [0, 0.1) is 13.8 Å². The van der Waals surface area contributed by atoms with Gasteiger partial charge in [0.05, 0.1) is 12.1 Å². The number of aromatic amines is 1. The van der Waals surface area contributed by atoms with Gasteiger partial charge in [-0.25, -0.2) is 0 Å². The molecule has 23 heavy (non-hydrogen) atoms. The minimum absolute atomic E-state index is 0.0606. The Morgan fingerprint density at radius 2 is 2.09 bits per heavy atom. The summed E-state index contributed by atoms with van der Waals surface area (Å²) in [6, 6.07) is 8.39. The zero-order valence-electron chi connectivity index (χ0n) is 13.9. The highest BCUT2D eigenvalue weighted by atomic mass is 16.3. The standard InChI is InChI=1S/C19H24N2O2/c1-11-17(13(3)22)12(2)20-18(11)19(23)21-16-10-6-8-14-7-4-5-9-15(14)16/h4-5,7,9,13,16,20,22H,6,8,10H2,1-3H3,(H,21,23)/t13-,16+/m1/s1. The Balaban J connectivity index is 1.85. The first-order chi connectivity index (χ1) is 11.0. The first kappa shape index (κ1) is 15.8. The molecule has 1 aromatic heterocycles. The monoisotopic (exact) mass is 312 g/mol. The third kappa shape index (κ3) is 2.91. The predicted octanol–water partition coefficient (Wildman–Crippen LogP) is 3.49. The number of nitrogens with one attached hydrogen (secondary N) is 2. The lowest BCUT2D eigenvalue weighted by atomic mass is 9.87. The largest absolute Gasteiger partial charge is 0.389 e. The summed E-state index contributed by atoms with van der Waals surface area (Å²) in [7, 11) is 0. The third-order valence-electron chi connectivity index (χ3n) is 4.82. The second kappa shape index (κ2) is 6.20. The van der Waals surface area contributed by atoms with E-state index in [1.54, 1.807) is 6.92 Å². The average molecular weight is 312 g/mol. The minimum Gasteiger partial charge on any atom is -0.389 e. The zero-order chi connectivity index (χ0) is 16.6. The van der Waals surface area contributed by atoms with Crippen molar-refractivity contribution < 1.29 is 9.90 Å². The van der Waals surface area contributed by atoms with E-state index in [0.717, 1.165) is 36.1 Å². The predicted molar refractivity (Wildman–Crippen MR) is 90.5 cm³/mol. The molecule has 2 aromatic rings. The van der Waals surface area contributed by atoms with Crippen molar-refractivity contribution in [3.05, 3.63) is 57.9 Å². The summed E-state index contributed by atoms with van der Waals surface area (Å²) in [5.74, 6) is -0.0980. The van der Waals surface area contributed by atoms with Crippen molar-refractivity contribution in [2.75, 3.05) is 0 Å². The number of aromatic nitrogens is 1. The molecule has 122 valence electrons. The van der Waals surface area contributed by atoms with Crippen LogP contribution in [0.4, 0.5) is 0 Å². The third-order valence-corrected chi connectivity index (χ3v) is 4.82. The van der Waals surface area contributed by atoms with Gasteiger partial charge in [0.25, 0.3) is 5.91 Å². The van der Waals surface area contributed by atoms with Gasteiger partial charge in [-0.15, -0.1) is 0 Å². The number of benzene rings is 1. The maximum Gasteiger partial charge on any atom is 0.268 e. The molecule has 3 rings (SSSR count). The topological polar surface area (TPSA) is 65.1 Å². The number of aliphatic hydroxyl groups excluding tert-OH is 1. The molecule has 0 unspecified atom stereocenters. The molecule has 2 atom stereocenters. The SMILES string of the molecule is Cc1[nH]c(C(=O)N[C@H]2CCCc3ccccc32)c(C)c1[C@@H](C)O. The normalized spacial score (nSPS) is 18.3. The van der Waals surface area contributed by atoms with Crippen LogP contribution in [0.1, 0.15) is 70.3 Å². The Bertz CT molecular complexity index is 731. The van der Waals surface area contributed by atoms with Crippen molar-refractivity contribution >= 4 is 5.91 Å². The highest BCUT2D eigenvalue weighted by molar-refractivity contribution is 5.94. The molecule has 0 saturated heterocycles. The molecule has 1 amide bonds. The molecule has 1 heterocycles. The van der Waals surface area contributed by atoms with Gasteiger partial charge in [0.1, 0.15) is 5.69 Å². The molecule has 0 bridgehead atoms. The molecular formula is C19H24N2O2. The Morgan fingerprint density at radius 1 is 1.35 bits per heavy atom. The van der Waals surface area contributed by atoms with Gasteiger partial charge >= 0.3 is 0 Å². The summed E-state index contributed by atoms with van der Waals surface area (Å²) in [6.45, 7) is 5.50. The number of carbonyl (C=O) groups excluding carboxylic acids is 1. The quantitative estimate of drug-likeness (QED) is 0.812. The van der Waals surface area contributed by atoms with E-state index >= 15 is 0 Å². The van der Waals surface area contributed by atoms with Crippen LogP contribution in [0.2, 0.25) is 0 Å². The van der Waals surface area contributed by atoms with Crippen LogP contribution in [0.15, 0.2) is 24.3 Å². The molecule has 0 aliphatic heterocycles. The van der Waals surface area contributed by atoms with Crippen molar-refractivity contribution in [1.82, 2.24) is 10.3 Å². The van der Waals surface area contributed by atoms with Gasteiger partial charge in [0.2, 0.25) is 0 Å². The molecular weight excluding hydrogens is 288 g/mol. The Hall–Kier alpha value is -2.07. The summed E-state index contributed by atoms with van der Waals surface area (Å²) in [5.41, 5.74) is 5.61. The van der Waals surface area contributed by atoms with E-state index in [4.69, 9.17) is 0 Å². The van der Waals surface area contributed by atoms with Crippen LogP contribution < -0.4 is 5.32 Å². The van der Waals surface area contributed by atoms with Crippen LogP contribution in [0.3, 0.4) is 0 Å².